The van der Waals surface area contributed by atoms with Gasteiger partial charge in [-0.3, -0.25) is 15.1 Å². The first kappa shape index (κ1) is 17.9. The van der Waals surface area contributed by atoms with Crippen LogP contribution in [0, 0.1) is 17.0 Å². The minimum Gasteiger partial charge on any atom is -0.334 e. The summed E-state index contributed by atoms with van der Waals surface area (Å²) in [5.41, 5.74) is 3.13. The molecule has 1 aliphatic heterocycles. The predicted molar refractivity (Wildman–Crippen MR) is 101 cm³/mol. The monoisotopic (exact) mass is 378 g/mol. The van der Waals surface area contributed by atoms with E-state index in [2.05, 4.69) is 25.4 Å². The molecule has 9 heteroatoms. The highest BCUT2D eigenvalue weighted by atomic mass is 16.6. The van der Waals surface area contributed by atoms with Crippen molar-refractivity contribution < 1.29 is 9.45 Å². The summed E-state index contributed by atoms with van der Waals surface area (Å²) in [6.45, 7) is 2.52. The Morgan fingerprint density at radius 1 is 1.25 bits per heavy atom. The van der Waals surface area contributed by atoms with E-state index in [4.69, 9.17) is 4.52 Å². The predicted octanol–water partition coefficient (Wildman–Crippen LogP) is 3.25. The highest BCUT2D eigenvalue weighted by Crippen LogP contribution is 2.32. The van der Waals surface area contributed by atoms with Crippen LogP contribution >= 0.6 is 0 Å². The Bertz CT molecular complexity index is 1030. The topological polar surface area (TPSA) is 120 Å². The van der Waals surface area contributed by atoms with Crippen molar-refractivity contribution in [1.29, 1.82) is 0 Å². The summed E-state index contributed by atoms with van der Waals surface area (Å²) in [6, 6.07) is 6.53. The fourth-order valence-corrected chi connectivity index (χ4v) is 3.24. The smallest absolute Gasteiger partial charge is 0.292 e. The third-order valence-corrected chi connectivity index (χ3v) is 4.57. The summed E-state index contributed by atoms with van der Waals surface area (Å²) in [5.74, 6) is 0.907. The number of nitrogens with one attached hydrogen (secondary N) is 1. The molecule has 0 saturated carbocycles. The fraction of sp³-hybridized carbons (Fsp3) is 0.263. The molecule has 9 nitrogen and oxygen atoms in total. The molecule has 4 heterocycles. The molecule has 3 aromatic rings. The van der Waals surface area contributed by atoms with Crippen LogP contribution in [0.5, 0.6) is 0 Å². The van der Waals surface area contributed by atoms with Gasteiger partial charge >= 0.3 is 0 Å². The maximum absolute atomic E-state index is 11.4. The molecule has 0 spiro atoms. The van der Waals surface area contributed by atoms with E-state index in [1.54, 1.807) is 30.6 Å². The van der Waals surface area contributed by atoms with Crippen LogP contribution in [-0.4, -0.2) is 31.6 Å². The molecule has 142 valence electrons. The van der Waals surface area contributed by atoms with Gasteiger partial charge in [-0.1, -0.05) is 10.7 Å². The second-order valence-electron chi connectivity index (χ2n) is 6.57. The lowest BCUT2D eigenvalue weighted by molar-refractivity contribution is -0.386. The zero-order chi connectivity index (χ0) is 19.5. The lowest BCUT2D eigenvalue weighted by atomic mass is 9.95. The lowest BCUT2D eigenvalue weighted by Gasteiger charge is -2.25. The number of pyridine rings is 2. The van der Waals surface area contributed by atoms with E-state index in [-0.39, 0.29) is 16.7 Å². The molecule has 4 rings (SSSR count). The van der Waals surface area contributed by atoms with Gasteiger partial charge in [-0.15, -0.1) is 0 Å². The van der Waals surface area contributed by atoms with Crippen molar-refractivity contribution in [2.45, 2.75) is 25.8 Å². The number of hydrogen-bond donors (Lipinski definition) is 1. The van der Waals surface area contributed by atoms with Gasteiger partial charge in [0, 0.05) is 29.7 Å². The van der Waals surface area contributed by atoms with E-state index >= 15 is 0 Å². The standard InChI is InChI=1S/C19H18N6O3/c1-12-2-3-16(25(26)27)18(22-12)15-10-13(4-9-21-15)11-17-23-19(28-24-17)14-5-7-20-8-6-14/h2-3,5-8,11,15,21H,4,9-10H2,1H3/b13-11+. The van der Waals surface area contributed by atoms with Gasteiger partial charge in [0.1, 0.15) is 5.69 Å². The Balaban J connectivity index is 1.57. The third kappa shape index (κ3) is 3.79. The van der Waals surface area contributed by atoms with Gasteiger partial charge in [0.15, 0.2) is 5.82 Å². The van der Waals surface area contributed by atoms with Crippen LogP contribution in [0.25, 0.3) is 17.5 Å². The van der Waals surface area contributed by atoms with Crippen LogP contribution in [0.4, 0.5) is 5.69 Å². The van der Waals surface area contributed by atoms with Crippen molar-refractivity contribution >= 4 is 11.8 Å². The van der Waals surface area contributed by atoms with Gasteiger partial charge < -0.3 is 9.84 Å². The van der Waals surface area contributed by atoms with Crippen LogP contribution in [0.1, 0.15) is 36.1 Å². The molecular formula is C19H18N6O3. The molecule has 28 heavy (non-hydrogen) atoms. The van der Waals surface area contributed by atoms with E-state index in [0.29, 0.717) is 30.4 Å². The van der Waals surface area contributed by atoms with Crippen LogP contribution in [0.3, 0.4) is 0 Å². The van der Waals surface area contributed by atoms with Crippen LogP contribution in [0.2, 0.25) is 0 Å². The molecule has 0 aliphatic carbocycles. The van der Waals surface area contributed by atoms with Gasteiger partial charge in [-0.2, -0.15) is 4.98 Å². The highest BCUT2D eigenvalue weighted by molar-refractivity contribution is 5.54. The number of nitro groups is 1. The van der Waals surface area contributed by atoms with E-state index in [0.717, 1.165) is 23.3 Å². The first-order valence-corrected chi connectivity index (χ1v) is 8.89. The van der Waals surface area contributed by atoms with Gasteiger partial charge in [0.05, 0.1) is 11.0 Å². The second-order valence-corrected chi connectivity index (χ2v) is 6.57. The van der Waals surface area contributed by atoms with Gasteiger partial charge in [0.25, 0.3) is 11.6 Å². The van der Waals surface area contributed by atoms with Crippen molar-refractivity contribution in [2.75, 3.05) is 6.54 Å². The highest BCUT2D eigenvalue weighted by Gasteiger charge is 2.27. The first-order chi connectivity index (χ1) is 13.6. The third-order valence-electron chi connectivity index (χ3n) is 4.57. The maximum atomic E-state index is 11.4. The number of aryl methyl sites for hydroxylation is 1. The quantitative estimate of drug-likeness (QED) is 0.542. The van der Waals surface area contributed by atoms with Crippen molar-refractivity contribution in [1.82, 2.24) is 25.4 Å². The zero-order valence-corrected chi connectivity index (χ0v) is 15.2. The molecular weight excluding hydrogens is 360 g/mol. The zero-order valence-electron chi connectivity index (χ0n) is 15.2. The molecule has 1 saturated heterocycles. The Hall–Kier alpha value is -3.46. The molecule has 1 atom stereocenters. The summed E-state index contributed by atoms with van der Waals surface area (Å²) in [4.78, 5) is 23.8. The maximum Gasteiger partial charge on any atom is 0.292 e. The van der Waals surface area contributed by atoms with Crippen LogP contribution in [0.15, 0.2) is 46.8 Å². The summed E-state index contributed by atoms with van der Waals surface area (Å²) in [7, 11) is 0. The van der Waals surface area contributed by atoms with Crippen molar-refractivity contribution in [3.05, 3.63) is 69.6 Å². The Labute approximate surface area is 160 Å². The Kier molecular flexibility index (Phi) is 4.90. The summed E-state index contributed by atoms with van der Waals surface area (Å²) < 4.78 is 5.32. The van der Waals surface area contributed by atoms with Crippen molar-refractivity contribution in [3.8, 4) is 11.5 Å². The molecule has 1 fully saturated rings. The Morgan fingerprint density at radius 3 is 2.86 bits per heavy atom. The van der Waals surface area contributed by atoms with Crippen molar-refractivity contribution in [3.63, 3.8) is 0 Å². The average molecular weight is 378 g/mol. The summed E-state index contributed by atoms with van der Waals surface area (Å²) in [5, 5.41) is 18.7. The molecule has 0 aromatic carbocycles. The van der Waals surface area contributed by atoms with E-state index in [9.17, 15) is 10.1 Å². The minimum atomic E-state index is -0.387. The van der Waals surface area contributed by atoms with Crippen molar-refractivity contribution in [2.24, 2.45) is 0 Å². The molecule has 0 amide bonds. The average Bonchev–Trinajstić information content (AvgIpc) is 3.17. The normalized spacial score (nSPS) is 18.3. The fourth-order valence-electron chi connectivity index (χ4n) is 3.24. The van der Waals surface area contributed by atoms with Crippen LogP contribution in [-0.2, 0) is 0 Å². The summed E-state index contributed by atoms with van der Waals surface area (Å²) in [6.07, 6.45) is 6.60. The number of nitrogens with zero attached hydrogens (tertiary/aromatic N) is 5. The van der Waals surface area contributed by atoms with E-state index in [1.807, 2.05) is 13.0 Å². The number of hydrogen-bond acceptors (Lipinski definition) is 8. The van der Waals surface area contributed by atoms with Gasteiger partial charge in [-0.25, -0.2) is 4.98 Å². The number of rotatable bonds is 4. The SMILES string of the molecule is Cc1ccc([N+](=O)[O-])c(C2C/C(=C/c3noc(-c4ccncc4)n3)CCN2)n1. The first-order valence-electron chi connectivity index (χ1n) is 8.89. The minimum absolute atomic E-state index is 0.0314. The van der Waals surface area contributed by atoms with E-state index in [1.165, 1.54) is 6.07 Å². The van der Waals surface area contributed by atoms with Gasteiger partial charge in [0.2, 0.25) is 0 Å². The molecule has 1 aliphatic rings. The van der Waals surface area contributed by atoms with Crippen LogP contribution < -0.4 is 5.32 Å². The second kappa shape index (κ2) is 7.65. The number of aromatic nitrogens is 4. The molecule has 0 bridgehead atoms. The summed E-state index contributed by atoms with van der Waals surface area (Å²) >= 11 is 0. The van der Waals surface area contributed by atoms with E-state index < -0.39 is 0 Å². The lowest BCUT2D eigenvalue weighted by Crippen LogP contribution is -2.29. The molecule has 1 unspecified atom stereocenters. The molecule has 3 aromatic heterocycles. The number of piperidine rings is 1. The molecule has 1 N–H and O–H groups in total. The van der Waals surface area contributed by atoms with Gasteiger partial charge in [-0.05, 0) is 50.6 Å². The Morgan fingerprint density at radius 2 is 2.07 bits per heavy atom. The largest absolute Gasteiger partial charge is 0.334 e. The molecule has 0 radical (unpaired) electrons.